The van der Waals surface area contributed by atoms with E-state index in [1.54, 1.807) is 0 Å². The third kappa shape index (κ3) is 8.13. The monoisotopic (exact) mass is 158 g/mol. The molecule has 52 valence electrons. The highest BCUT2D eigenvalue weighted by atomic mass is 28.4. The molecular weight excluding hydrogens is 144 g/mol. The van der Waals surface area contributed by atoms with Crippen LogP contribution in [0.1, 0.15) is 0 Å². The fourth-order valence-electron chi connectivity index (χ4n) is 0.317. The van der Waals surface area contributed by atoms with E-state index < -0.39 is 8.32 Å². The second-order valence-electron chi connectivity index (χ2n) is 2.85. The van der Waals surface area contributed by atoms with Gasteiger partial charge in [0.25, 0.3) is 0 Å². The van der Waals surface area contributed by atoms with E-state index in [9.17, 15) is 0 Å². The van der Waals surface area contributed by atoms with E-state index in [4.69, 9.17) is 4.12 Å². The molecule has 0 amide bonds. The van der Waals surface area contributed by atoms with Crippen molar-refractivity contribution in [3.63, 3.8) is 0 Å². The van der Waals surface area contributed by atoms with Crippen LogP contribution in [0.25, 0.3) is 0 Å². The summed E-state index contributed by atoms with van der Waals surface area (Å²) >= 11 is 0. The van der Waals surface area contributed by atoms with Gasteiger partial charge in [0.2, 0.25) is 9.76 Å². The van der Waals surface area contributed by atoms with E-state index >= 15 is 0 Å². The molecule has 0 aliphatic carbocycles. The van der Waals surface area contributed by atoms with E-state index in [2.05, 4.69) is 26.2 Å². The van der Waals surface area contributed by atoms with Crippen LogP contribution >= 0.6 is 0 Å². The SMILES string of the molecule is C=CC[Si]O[Si](C)(C)C. The Morgan fingerprint density at radius 2 is 2.11 bits per heavy atom. The minimum Gasteiger partial charge on any atom is -0.456 e. The van der Waals surface area contributed by atoms with Crippen molar-refractivity contribution >= 4 is 18.1 Å². The van der Waals surface area contributed by atoms with Gasteiger partial charge in [-0.25, -0.2) is 0 Å². The first kappa shape index (κ1) is 9.13. The number of rotatable bonds is 4. The molecule has 0 bridgehead atoms. The van der Waals surface area contributed by atoms with E-state index in [1.165, 1.54) is 0 Å². The molecule has 0 fully saturated rings. The zero-order valence-electron chi connectivity index (χ0n) is 6.40. The fraction of sp³-hybridized carbons (Fsp3) is 0.667. The molecule has 0 atom stereocenters. The van der Waals surface area contributed by atoms with Crippen molar-refractivity contribution in [2.45, 2.75) is 25.7 Å². The van der Waals surface area contributed by atoms with E-state index in [0.29, 0.717) is 9.76 Å². The Labute approximate surface area is 61.2 Å². The summed E-state index contributed by atoms with van der Waals surface area (Å²) in [5.74, 6) is 0. The number of allylic oxidation sites excluding steroid dienone is 1. The van der Waals surface area contributed by atoms with Crippen LogP contribution in [0.2, 0.25) is 25.7 Å². The van der Waals surface area contributed by atoms with Crippen molar-refractivity contribution in [1.29, 1.82) is 0 Å². The van der Waals surface area contributed by atoms with Gasteiger partial charge in [0.1, 0.15) is 0 Å². The molecule has 0 spiro atoms. The summed E-state index contributed by atoms with van der Waals surface area (Å²) in [6.45, 7) is 10.2. The van der Waals surface area contributed by atoms with Crippen LogP contribution in [-0.4, -0.2) is 18.1 Å². The largest absolute Gasteiger partial charge is 0.456 e. The number of hydrogen-bond acceptors (Lipinski definition) is 1. The molecule has 0 aromatic heterocycles. The first-order valence-electron chi connectivity index (χ1n) is 3.08. The van der Waals surface area contributed by atoms with Gasteiger partial charge in [0.15, 0.2) is 8.32 Å². The van der Waals surface area contributed by atoms with Crippen LogP contribution in [-0.2, 0) is 4.12 Å². The first-order chi connectivity index (χ1) is 4.06. The van der Waals surface area contributed by atoms with Gasteiger partial charge in [-0.05, 0) is 25.7 Å². The van der Waals surface area contributed by atoms with Crippen molar-refractivity contribution in [3.05, 3.63) is 12.7 Å². The minimum atomic E-state index is -1.23. The normalized spacial score (nSPS) is 11.4. The van der Waals surface area contributed by atoms with Gasteiger partial charge in [-0.15, -0.1) is 6.58 Å². The summed E-state index contributed by atoms with van der Waals surface area (Å²) in [6, 6.07) is 1.00. The molecule has 0 saturated carbocycles. The smallest absolute Gasteiger partial charge is 0.219 e. The molecule has 0 unspecified atom stereocenters. The van der Waals surface area contributed by atoms with Crippen molar-refractivity contribution in [3.8, 4) is 0 Å². The molecule has 0 saturated heterocycles. The van der Waals surface area contributed by atoms with E-state index in [0.717, 1.165) is 6.04 Å². The summed E-state index contributed by atoms with van der Waals surface area (Å²) in [4.78, 5) is 0. The molecule has 3 heteroatoms. The predicted molar refractivity (Wildman–Crippen MR) is 45.2 cm³/mol. The molecule has 1 nitrogen and oxygen atoms in total. The Kier molecular flexibility index (Phi) is 4.09. The third-order valence-corrected chi connectivity index (χ3v) is 4.09. The van der Waals surface area contributed by atoms with Gasteiger partial charge in [0, 0.05) is 0 Å². The molecule has 0 N–H and O–H groups in total. The maximum absolute atomic E-state index is 5.57. The van der Waals surface area contributed by atoms with Crippen LogP contribution in [0.4, 0.5) is 0 Å². The Morgan fingerprint density at radius 1 is 1.56 bits per heavy atom. The summed E-state index contributed by atoms with van der Waals surface area (Å²) in [7, 11) is -0.603. The topological polar surface area (TPSA) is 9.23 Å². The summed E-state index contributed by atoms with van der Waals surface area (Å²) in [5, 5.41) is 0. The lowest BCUT2D eigenvalue weighted by atomic mass is 10.8. The molecule has 0 aliphatic heterocycles. The first-order valence-corrected chi connectivity index (χ1v) is 7.60. The second kappa shape index (κ2) is 4.03. The van der Waals surface area contributed by atoms with Crippen LogP contribution in [0.15, 0.2) is 12.7 Å². The lowest BCUT2D eigenvalue weighted by Crippen LogP contribution is -2.26. The van der Waals surface area contributed by atoms with Crippen molar-refractivity contribution in [1.82, 2.24) is 0 Å². The maximum atomic E-state index is 5.57. The summed E-state index contributed by atoms with van der Waals surface area (Å²) < 4.78 is 5.57. The molecule has 0 aromatic rings. The van der Waals surface area contributed by atoms with Gasteiger partial charge >= 0.3 is 0 Å². The van der Waals surface area contributed by atoms with Crippen LogP contribution in [0.5, 0.6) is 0 Å². The van der Waals surface area contributed by atoms with Gasteiger partial charge in [-0.1, -0.05) is 6.08 Å². The highest BCUT2D eigenvalue weighted by Crippen LogP contribution is 2.01. The lowest BCUT2D eigenvalue weighted by molar-refractivity contribution is 0.599. The number of hydrogen-bond donors (Lipinski definition) is 0. The molecule has 2 radical (unpaired) electrons. The van der Waals surface area contributed by atoms with Gasteiger partial charge in [-0.3, -0.25) is 0 Å². The van der Waals surface area contributed by atoms with Gasteiger partial charge in [-0.2, -0.15) is 0 Å². The standard InChI is InChI=1S/C6H14OSi2/c1-5-6-8-7-9(2,3)4/h5H,1,6H2,2-4H3. The van der Waals surface area contributed by atoms with Gasteiger partial charge in [0.05, 0.1) is 0 Å². The van der Waals surface area contributed by atoms with Crippen molar-refractivity contribution < 1.29 is 4.12 Å². The molecular formula is C6H14OSi2. The quantitative estimate of drug-likeness (QED) is 0.346. The molecule has 0 aliphatic rings. The Morgan fingerprint density at radius 3 is 2.44 bits per heavy atom. The fourth-order valence-corrected chi connectivity index (χ4v) is 2.50. The molecule has 0 rings (SSSR count). The van der Waals surface area contributed by atoms with Crippen LogP contribution < -0.4 is 0 Å². The Bertz CT molecular complexity index is 85.5. The zero-order valence-corrected chi connectivity index (χ0v) is 8.40. The summed E-state index contributed by atoms with van der Waals surface area (Å²) in [5.41, 5.74) is 0. The van der Waals surface area contributed by atoms with E-state index in [1.807, 2.05) is 6.08 Å². The average Bonchev–Trinajstić information content (AvgIpc) is 1.63. The highest BCUT2D eigenvalue weighted by molar-refractivity contribution is 6.73. The van der Waals surface area contributed by atoms with Crippen molar-refractivity contribution in [2.24, 2.45) is 0 Å². The zero-order chi connectivity index (χ0) is 7.33. The molecule has 9 heavy (non-hydrogen) atoms. The molecule has 0 heterocycles. The average molecular weight is 158 g/mol. The van der Waals surface area contributed by atoms with Crippen LogP contribution in [0, 0.1) is 0 Å². The summed E-state index contributed by atoms with van der Waals surface area (Å²) in [6.07, 6.45) is 1.90. The van der Waals surface area contributed by atoms with E-state index in [-0.39, 0.29) is 0 Å². The highest BCUT2D eigenvalue weighted by Gasteiger charge is 2.12. The third-order valence-electron chi connectivity index (χ3n) is 0.606. The minimum absolute atomic E-state index is 0.627. The van der Waals surface area contributed by atoms with Gasteiger partial charge < -0.3 is 4.12 Å². The lowest BCUT2D eigenvalue weighted by Gasteiger charge is -2.15. The Hall–Kier alpha value is 0.134. The molecule has 0 aromatic carbocycles. The maximum Gasteiger partial charge on any atom is 0.219 e. The van der Waals surface area contributed by atoms with Crippen LogP contribution in [0.3, 0.4) is 0 Å². The predicted octanol–water partition coefficient (Wildman–Crippen LogP) is 2.06. The Balaban J connectivity index is 3.17. The second-order valence-corrected chi connectivity index (χ2v) is 8.59. The van der Waals surface area contributed by atoms with Crippen molar-refractivity contribution in [2.75, 3.05) is 0 Å².